The average Bonchev–Trinajstić information content (AvgIpc) is 2.62. The van der Waals surface area contributed by atoms with Crippen LogP contribution in [0.4, 0.5) is 0 Å². The highest BCUT2D eigenvalue weighted by atomic mass is 16.5. The number of carbonyl (C=O) groups excluding carboxylic acids is 1. The van der Waals surface area contributed by atoms with Gasteiger partial charge in [-0.05, 0) is 49.6 Å². The highest BCUT2D eigenvalue weighted by molar-refractivity contribution is 5.94. The summed E-state index contributed by atoms with van der Waals surface area (Å²) in [6, 6.07) is 15.0. The minimum atomic E-state index is -1.03. The van der Waals surface area contributed by atoms with Gasteiger partial charge in [-0.25, -0.2) is 0 Å². The summed E-state index contributed by atoms with van der Waals surface area (Å²) >= 11 is 0. The normalized spacial score (nSPS) is 20.7. The van der Waals surface area contributed by atoms with Gasteiger partial charge in [-0.15, -0.1) is 0 Å². The summed E-state index contributed by atoms with van der Waals surface area (Å²) in [6.07, 6.45) is 1.41. The van der Waals surface area contributed by atoms with Crippen molar-refractivity contribution < 1.29 is 14.6 Å². The summed E-state index contributed by atoms with van der Waals surface area (Å²) in [4.78, 5) is 14.5. The number of hydrogen-bond donors (Lipinski definition) is 1. The van der Waals surface area contributed by atoms with Gasteiger partial charge in [0, 0.05) is 12.1 Å². The lowest BCUT2D eigenvalue weighted by atomic mass is 9.85. The van der Waals surface area contributed by atoms with Gasteiger partial charge in [0.2, 0.25) is 0 Å². The minimum Gasteiger partial charge on any atom is -0.497 e. The number of nitrogens with zero attached hydrogens (tertiary/aromatic N) is 1. The van der Waals surface area contributed by atoms with E-state index in [-0.39, 0.29) is 5.91 Å². The highest BCUT2D eigenvalue weighted by Gasteiger charge is 2.37. The van der Waals surface area contributed by atoms with Gasteiger partial charge in [0.1, 0.15) is 11.4 Å². The van der Waals surface area contributed by atoms with E-state index in [0.717, 1.165) is 17.5 Å². The third-order valence-electron chi connectivity index (χ3n) is 4.66. The highest BCUT2D eigenvalue weighted by Crippen LogP contribution is 2.33. The second-order valence-corrected chi connectivity index (χ2v) is 6.46. The number of β-amino-alcohol motifs (C(OH)–C–C–N with tert-alkyl or cyclic N) is 1. The fraction of sp³-hybridized carbons (Fsp3) is 0.350. The number of aliphatic hydroxyl groups is 1. The quantitative estimate of drug-likeness (QED) is 0.943. The molecular formula is C20H23NO3. The van der Waals surface area contributed by atoms with Gasteiger partial charge in [0.15, 0.2) is 0 Å². The smallest absolute Gasteiger partial charge is 0.253 e. The van der Waals surface area contributed by atoms with Crippen molar-refractivity contribution in [3.05, 3.63) is 65.2 Å². The van der Waals surface area contributed by atoms with Crippen molar-refractivity contribution in [3.63, 3.8) is 0 Å². The third-order valence-corrected chi connectivity index (χ3v) is 4.66. The molecule has 1 N–H and O–H groups in total. The molecule has 1 aliphatic heterocycles. The van der Waals surface area contributed by atoms with Gasteiger partial charge in [0.25, 0.3) is 5.91 Å². The Morgan fingerprint density at radius 3 is 2.67 bits per heavy atom. The fourth-order valence-corrected chi connectivity index (χ4v) is 3.24. The summed E-state index contributed by atoms with van der Waals surface area (Å²) < 4.78 is 5.25. The second kappa shape index (κ2) is 6.65. The van der Waals surface area contributed by atoms with Crippen LogP contribution in [-0.4, -0.2) is 36.1 Å². The van der Waals surface area contributed by atoms with Gasteiger partial charge in [-0.1, -0.05) is 29.8 Å². The number of hydrogen-bond acceptors (Lipinski definition) is 3. The summed E-state index contributed by atoms with van der Waals surface area (Å²) in [5.74, 6) is 0.680. The van der Waals surface area contributed by atoms with E-state index < -0.39 is 5.60 Å². The van der Waals surface area contributed by atoms with Crippen molar-refractivity contribution in [2.75, 3.05) is 20.2 Å². The van der Waals surface area contributed by atoms with Crippen LogP contribution >= 0.6 is 0 Å². The molecule has 1 amide bonds. The van der Waals surface area contributed by atoms with Crippen LogP contribution in [0.5, 0.6) is 5.75 Å². The lowest BCUT2D eigenvalue weighted by Gasteiger charge is -2.39. The standard InChI is InChI=1S/C20H23NO3/c1-15-7-9-16(10-8-15)19(22)21-12-4-11-20(23,14-21)17-5-3-6-18(13-17)24-2/h3,5-10,13,23H,4,11-12,14H2,1-2H3. The summed E-state index contributed by atoms with van der Waals surface area (Å²) in [7, 11) is 1.61. The molecule has 0 bridgehead atoms. The van der Waals surface area contributed by atoms with Crippen LogP contribution in [0.3, 0.4) is 0 Å². The van der Waals surface area contributed by atoms with E-state index in [2.05, 4.69) is 0 Å². The predicted octanol–water partition coefficient (Wildman–Crippen LogP) is 3.13. The van der Waals surface area contributed by atoms with E-state index >= 15 is 0 Å². The van der Waals surface area contributed by atoms with Crippen molar-refractivity contribution in [1.82, 2.24) is 4.90 Å². The van der Waals surface area contributed by atoms with Crippen LogP contribution in [0.1, 0.15) is 34.3 Å². The molecule has 2 aromatic rings. The van der Waals surface area contributed by atoms with Crippen LogP contribution in [0, 0.1) is 6.92 Å². The molecule has 3 rings (SSSR count). The number of piperidine rings is 1. The minimum absolute atomic E-state index is 0.0315. The zero-order chi connectivity index (χ0) is 17.2. The number of likely N-dealkylation sites (tertiary alicyclic amines) is 1. The molecule has 1 fully saturated rings. The molecule has 2 aromatic carbocycles. The summed E-state index contributed by atoms with van der Waals surface area (Å²) in [6.45, 7) is 2.96. The van der Waals surface area contributed by atoms with Crippen molar-refractivity contribution in [2.45, 2.75) is 25.4 Å². The molecule has 0 radical (unpaired) electrons. The molecule has 0 aromatic heterocycles. The van der Waals surface area contributed by atoms with Crippen molar-refractivity contribution in [3.8, 4) is 5.75 Å². The zero-order valence-electron chi connectivity index (χ0n) is 14.2. The molecule has 1 atom stereocenters. The number of ether oxygens (including phenoxy) is 1. The Morgan fingerprint density at radius 1 is 1.21 bits per heavy atom. The van der Waals surface area contributed by atoms with Crippen LogP contribution in [0.2, 0.25) is 0 Å². The molecule has 126 valence electrons. The topological polar surface area (TPSA) is 49.8 Å². The Balaban J connectivity index is 1.82. The molecule has 24 heavy (non-hydrogen) atoms. The molecule has 1 unspecified atom stereocenters. The maximum Gasteiger partial charge on any atom is 0.253 e. The lowest BCUT2D eigenvalue weighted by Crippen LogP contribution is -2.48. The average molecular weight is 325 g/mol. The molecule has 1 heterocycles. The molecule has 4 heteroatoms. The molecular weight excluding hydrogens is 302 g/mol. The Hall–Kier alpha value is -2.33. The van der Waals surface area contributed by atoms with E-state index in [9.17, 15) is 9.90 Å². The van der Waals surface area contributed by atoms with Gasteiger partial charge in [0.05, 0.1) is 13.7 Å². The van der Waals surface area contributed by atoms with Crippen molar-refractivity contribution in [2.24, 2.45) is 0 Å². The largest absolute Gasteiger partial charge is 0.497 e. The van der Waals surface area contributed by atoms with E-state index in [1.165, 1.54) is 0 Å². The lowest BCUT2D eigenvalue weighted by molar-refractivity contribution is -0.0290. The number of methoxy groups -OCH3 is 1. The van der Waals surface area contributed by atoms with E-state index in [1.54, 1.807) is 12.0 Å². The Labute approximate surface area is 142 Å². The summed E-state index contributed by atoms with van der Waals surface area (Å²) in [5.41, 5.74) is 1.55. The van der Waals surface area contributed by atoms with Crippen LogP contribution in [0.25, 0.3) is 0 Å². The molecule has 4 nitrogen and oxygen atoms in total. The Bertz CT molecular complexity index is 726. The maximum atomic E-state index is 12.7. The first kappa shape index (κ1) is 16.5. The molecule has 1 aliphatic rings. The van der Waals surface area contributed by atoms with Gasteiger partial charge in [-0.2, -0.15) is 0 Å². The van der Waals surface area contributed by atoms with Gasteiger partial charge >= 0.3 is 0 Å². The first-order valence-corrected chi connectivity index (χ1v) is 8.25. The number of rotatable bonds is 3. The predicted molar refractivity (Wildman–Crippen MR) is 93.2 cm³/mol. The van der Waals surface area contributed by atoms with E-state index in [1.807, 2.05) is 55.5 Å². The molecule has 1 saturated heterocycles. The van der Waals surface area contributed by atoms with Gasteiger partial charge < -0.3 is 14.7 Å². The van der Waals surface area contributed by atoms with Crippen LogP contribution in [0.15, 0.2) is 48.5 Å². The van der Waals surface area contributed by atoms with Crippen molar-refractivity contribution >= 4 is 5.91 Å². The maximum absolute atomic E-state index is 12.7. The first-order chi connectivity index (χ1) is 11.5. The Kier molecular flexibility index (Phi) is 4.58. The number of amides is 1. The van der Waals surface area contributed by atoms with Crippen LogP contribution in [-0.2, 0) is 5.60 Å². The third kappa shape index (κ3) is 3.29. The number of benzene rings is 2. The van der Waals surface area contributed by atoms with Gasteiger partial charge in [-0.3, -0.25) is 4.79 Å². The SMILES string of the molecule is COc1cccc(C2(O)CCCN(C(=O)c3ccc(C)cc3)C2)c1. The van der Waals surface area contributed by atoms with Crippen LogP contribution < -0.4 is 4.74 Å². The molecule has 0 spiro atoms. The van der Waals surface area contributed by atoms with E-state index in [0.29, 0.717) is 30.8 Å². The zero-order valence-corrected chi connectivity index (χ0v) is 14.2. The Morgan fingerprint density at radius 2 is 1.96 bits per heavy atom. The molecule has 0 saturated carbocycles. The monoisotopic (exact) mass is 325 g/mol. The summed E-state index contributed by atoms with van der Waals surface area (Å²) in [5, 5.41) is 11.1. The van der Waals surface area contributed by atoms with Crippen molar-refractivity contribution in [1.29, 1.82) is 0 Å². The van der Waals surface area contributed by atoms with E-state index in [4.69, 9.17) is 4.74 Å². The first-order valence-electron chi connectivity index (χ1n) is 8.25. The molecule has 0 aliphatic carbocycles. The number of aryl methyl sites for hydroxylation is 1. The fourth-order valence-electron chi connectivity index (χ4n) is 3.24. The number of carbonyl (C=O) groups is 1. The second-order valence-electron chi connectivity index (χ2n) is 6.46.